The van der Waals surface area contributed by atoms with Crippen LogP contribution >= 0.6 is 0 Å². The number of carbonyl (C=O) groups excluding carboxylic acids is 1. The highest BCUT2D eigenvalue weighted by Gasteiger charge is 2.37. The van der Waals surface area contributed by atoms with E-state index in [1.165, 1.54) is 5.56 Å². The van der Waals surface area contributed by atoms with Gasteiger partial charge in [-0.1, -0.05) is 30.3 Å². The summed E-state index contributed by atoms with van der Waals surface area (Å²) in [5, 5.41) is 0. The van der Waals surface area contributed by atoms with Crippen LogP contribution in [0.3, 0.4) is 0 Å². The van der Waals surface area contributed by atoms with Crippen molar-refractivity contribution in [3.8, 4) is 0 Å². The van der Waals surface area contributed by atoms with Gasteiger partial charge in [0.1, 0.15) is 6.73 Å². The second-order valence-corrected chi connectivity index (χ2v) is 5.55. The van der Waals surface area contributed by atoms with E-state index in [0.29, 0.717) is 25.2 Å². The summed E-state index contributed by atoms with van der Waals surface area (Å²) in [5.41, 5.74) is 1.33. The van der Waals surface area contributed by atoms with Gasteiger partial charge in [0.25, 0.3) is 0 Å². The number of hydrogen-bond donors (Lipinski definition) is 0. The minimum absolute atomic E-state index is 0.0602. The molecule has 1 unspecified atom stereocenters. The molecule has 2 aliphatic heterocycles. The quantitative estimate of drug-likeness (QED) is 0.754. The van der Waals surface area contributed by atoms with Gasteiger partial charge in [0.15, 0.2) is 0 Å². The molecule has 3 rings (SSSR count). The number of carbonyl (C=O) groups is 1. The molecule has 4 nitrogen and oxygen atoms in total. The maximum absolute atomic E-state index is 11.4. The standard InChI is InChI=1S/C15H20N2O2/c1-12-8-16(9-13-5-3-2-4-6-13)10-14-7-15(18)19-11-17(12)14/h2-6,12,14H,7-11H2,1H3/t12-,14?/m1/s1. The third-order valence-corrected chi connectivity index (χ3v) is 4.05. The number of benzene rings is 1. The molecule has 19 heavy (non-hydrogen) atoms. The second-order valence-electron chi connectivity index (χ2n) is 5.55. The van der Waals surface area contributed by atoms with Crippen LogP contribution in [-0.2, 0) is 16.1 Å². The monoisotopic (exact) mass is 260 g/mol. The number of hydrogen-bond acceptors (Lipinski definition) is 4. The van der Waals surface area contributed by atoms with Crippen LogP contribution in [0.4, 0.5) is 0 Å². The van der Waals surface area contributed by atoms with Crippen LogP contribution < -0.4 is 0 Å². The van der Waals surface area contributed by atoms with Gasteiger partial charge in [-0.05, 0) is 12.5 Å². The van der Waals surface area contributed by atoms with Gasteiger partial charge in [-0.25, -0.2) is 0 Å². The number of fused-ring (bicyclic) bond motifs is 1. The first-order valence-corrected chi connectivity index (χ1v) is 6.90. The Hall–Kier alpha value is -1.39. The highest BCUT2D eigenvalue weighted by atomic mass is 16.5. The molecule has 2 atom stereocenters. The highest BCUT2D eigenvalue weighted by molar-refractivity contribution is 5.70. The predicted octanol–water partition coefficient (Wildman–Crippen LogP) is 1.47. The third-order valence-electron chi connectivity index (χ3n) is 4.05. The molecule has 2 fully saturated rings. The van der Waals surface area contributed by atoms with Crippen molar-refractivity contribution in [3.63, 3.8) is 0 Å². The molecule has 1 aromatic rings. The van der Waals surface area contributed by atoms with E-state index in [1.54, 1.807) is 0 Å². The molecule has 2 aliphatic rings. The van der Waals surface area contributed by atoms with E-state index < -0.39 is 0 Å². The third kappa shape index (κ3) is 2.80. The molecule has 0 saturated carbocycles. The fourth-order valence-corrected chi connectivity index (χ4v) is 3.10. The van der Waals surface area contributed by atoms with Crippen LogP contribution in [0.25, 0.3) is 0 Å². The van der Waals surface area contributed by atoms with E-state index >= 15 is 0 Å². The van der Waals surface area contributed by atoms with Crippen molar-refractivity contribution >= 4 is 5.97 Å². The Kier molecular flexibility index (Phi) is 3.53. The molecule has 0 N–H and O–H groups in total. The summed E-state index contributed by atoms with van der Waals surface area (Å²) in [6, 6.07) is 11.3. The minimum Gasteiger partial charge on any atom is -0.449 e. The average Bonchev–Trinajstić information content (AvgIpc) is 2.39. The molecular weight excluding hydrogens is 240 g/mol. The molecule has 1 aromatic carbocycles. The van der Waals surface area contributed by atoms with Crippen LogP contribution in [-0.4, -0.2) is 47.7 Å². The zero-order valence-corrected chi connectivity index (χ0v) is 11.3. The summed E-state index contributed by atoms with van der Waals surface area (Å²) in [6.07, 6.45) is 0.523. The largest absolute Gasteiger partial charge is 0.449 e. The van der Waals surface area contributed by atoms with E-state index in [-0.39, 0.29) is 5.97 Å². The van der Waals surface area contributed by atoms with Crippen molar-refractivity contribution in [3.05, 3.63) is 35.9 Å². The number of cyclic esters (lactones) is 1. The summed E-state index contributed by atoms with van der Waals surface area (Å²) in [5.74, 6) is -0.0602. The molecule has 0 spiro atoms. The van der Waals surface area contributed by atoms with Crippen molar-refractivity contribution in [2.45, 2.75) is 32.0 Å². The van der Waals surface area contributed by atoms with Crippen molar-refractivity contribution in [2.24, 2.45) is 0 Å². The van der Waals surface area contributed by atoms with Gasteiger partial charge in [-0.2, -0.15) is 0 Å². The predicted molar refractivity (Wildman–Crippen MR) is 72.4 cm³/mol. The second kappa shape index (κ2) is 5.31. The maximum atomic E-state index is 11.4. The summed E-state index contributed by atoms with van der Waals surface area (Å²) < 4.78 is 5.14. The van der Waals surface area contributed by atoms with E-state index in [2.05, 4.69) is 41.0 Å². The molecule has 0 amide bonds. The Labute approximate surface area is 113 Å². The number of rotatable bonds is 2. The smallest absolute Gasteiger partial charge is 0.308 e. The Morgan fingerprint density at radius 2 is 2.05 bits per heavy atom. The molecule has 2 heterocycles. The van der Waals surface area contributed by atoms with Gasteiger partial charge >= 0.3 is 5.97 Å². The Bertz CT molecular complexity index is 449. The van der Waals surface area contributed by atoms with Crippen molar-refractivity contribution < 1.29 is 9.53 Å². The highest BCUT2D eigenvalue weighted by Crippen LogP contribution is 2.23. The maximum Gasteiger partial charge on any atom is 0.308 e. The molecule has 0 radical (unpaired) electrons. The van der Waals surface area contributed by atoms with E-state index in [1.807, 2.05) is 6.07 Å². The van der Waals surface area contributed by atoms with Crippen LogP contribution in [0, 0.1) is 0 Å². The molecule has 2 saturated heterocycles. The molecule has 0 aliphatic carbocycles. The van der Waals surface area contributed by atoms with Crippen molar-refractivity contribution in [1.29, 1.82) is 0 Å². The molecular formula is C15H20N2O2. The number of ether oxygens (including phenoxy) is 1. The van der Waals surface area contributed by atoms with Crippen LogP contribution in [0.1, 0.15) is 18.9 Å². The fourth-order valence-electron chi connectivity index (χ4n) is 3.10. The first-order chi connectivity index (χ1) is 9.22. The number of piperazine rings is 1. The lowest BCUT2D eigenvalue weighted by Gasteiger charge is -2.47. The van der Waals surface area contributed by atoms with Gasteiger partial charge in [0.05, 0.1) is 6.42 Å². The SMILES string of the molecule is C[C@@H]1CN(Cc2ccccc2)CC2CC(=O)OCN21. The lowest BCUT2D eigenvalue weighted by Crippen LogP contribution is -2.60. The van der Waals surface area contributed by atoms with Crippen LogP contribution in [0.15, 0.2) is 30.3 Å². The summed E-state index contributed by atoms with van der Waals surface area (Å²) in [7, 11) is 0. The van der Waals surface area contributed by atoms with Gasteiger partial charge in [-0.15, -0.1) is 0 Å². The number of nitrogens with zero attached hydrogens (tertiary/aromatic N) is 2. The summed E-state index contributed by atoms with van der Waals surface area (Å²) in [4.78, 5) is 16.2. The lowest BCUT2D eigenvalue weighted by atomic mass is 10.0. The molecule has 102 valence electrons. The van der Waals surface area contributed by atoms with E-state index in [9.17, 15) is 4.79 Å². The summed E-state index contributed by atoms with van der Waals surface area (Å²) in [6.45, 7) is 5.62. The van der Waals surface area contributed by atoms with Gasteiger partial charge in [-0.3, -0.25) is 14.6 Å². The summed E-state index contributed by atoms with van der Waals surface area (Å²) >= 11 is 0. The van der Waals surface area contributed by atoms with Crippen LogP contribution in [0.5, 0.6) is 0 Å². The van der Waals surface area contributed by atoms with Crippen molar-refractivity contribution in [1.82, 2.24) is 9.80 Å². The molecule has 0 aromatic heterocycles. The minimum atomic E-state index is -0.0602. The van der Waals surface area contributed by atoms with Crippen LogP contribution in [0.2, 0.25) is 0 Å². The Balaban J connectivity index is 1.67. The van der Waals surface area contributed by atoms with E-state index in [4.69, 9.17) is 4.74 Å². The first-order valence-electron chi connectivity index (χ1n) is 6.90. The van der Waals surface area contributed by atoms with Crippen molar-refractivity contribution in [2.75, 3.05) is 19.8 Å². The fraction of sp³-hybridized carbons (Fsp3) is 0.533. The van der Waals surface area contributed by atoms with Gasteiger partial charge in [0, 0.05) is 31.7 Å². The molecule has 0 bridgehead atoms. The zero-order valence-electron chi connectivity index (χ0n) is 11.3. The Morgan fingerprint density at radius 1 is 1.26 bits per heavy atom. The lowest BCUT2D eigenvalue weighted by molar-refractivity contribution is -0.167. The first kappa shape index (κ1) is 12.6. The Morgan fingerprint density at radius 3 is 2.84 bits per heavy atom. The molecule has 4 heteroatoms. The van der Waals surface area contributed by atoms with Gasteiger partial charge in [0.2, 0.25) is 0 Å². The normalized spacial score (nSPS) is 28.8. The van der Waals surface area contributed by atoms with E-state index in [0.717, 1.165) is 19.6 Å². The average molecular weight is 260 g/mol. The topological polar surface area (TPSA) is 32.8 Å². The zero-order chi connectivity index (χ0) is 13.2. The number of esters is 1. The van der Waals surface area contributed by atoms with Gasteiger partial charge < -0.3 is 4.74 Å².